The van der Waals surface area contributed by atoms with Crippen molar-refractivity contribution in [1.82, 2.24) is 5.32 Å². The van der Waals surface area contributed by atoms with E-state index < -0.39 is 0 Å². The lowest BCUT2D eigenvalue weighted by atomic mass is 9.98. The highest BCUT2D eigenvalue weighted by Crippen LogP contribution is 2.27. The van der Waals surface area contributed by atoms with Gasteiger partial charge in [-0.15, -0.1) is 0 Å². The fourth-order valence-corrected chi connectivity index (χ4v) is 3.99. The molecule has 1 N–H and O–H groups in total. The van der Waals surface area contributed by atoms with E-state index in [0.29, 0.717) is 6.04 Å². The Balaban J connectivity index is 1.76. The summed E-state index contributed by atoms with van der Waals surface area (Å²) in [5, 5.41) is 4.56. The second-order valence-corrected chi connectivity index (χ2v) is 6.71. The summed E-state index contributed by atoms with van der Waals surface area (Å²) in [6.45, 7) is 1.10. The molecule has 1 heterocycles. The molecule has 2 heteroatoms. The third-order valence-electron chi connectivity index (χ3n) is 3.84. The lowest BCUT2D eigenvalue weighted by Crippen LogP contribution is -2.28. The van der Waals surface area contributed by atoms with Crippen LogP contribution in [0.1, 0.15) is 30.0 Å². The van der Waals surface area contributed by atoms with Gasteiger partial charge in [-0.25, -0.2) is 0 Å². The molecule has 2 aromatic rings. The highest BCUT2D eigenvalue weighted by atomic mass is 32.2. The first-order valence-electron chi connectivity index (χ1n) is 7.38. The van der Waals surface area contributed by atoms with Crippen LogP contribution in [0.5, 0.6) is 0 Å². The molecule has 0 amide bonds. The maximum absolute atomic E-state index is 3.77. The van der Waals surface area contributed by atoms with Gasteiger partial charge in [0.2, 0.25) is 0 Å². The van der Waals surface area contributed by atoms with Crippen LogP contribution in [-0.2, 0) is 0 Å². The normalized spacial score (nSPS) is 18.6. The Hall–Kier alpha value is -1.25. The van der Waals surface area contributed by atoms with Gasteiger partial charge >= 0.3 is 0 Å². The van der Waals surface area contributed by atoms with Crippen LogP contribution in [0.25, 0.3) is 0 Å². The van der Waals surface area contributed by atoms with Crippen molar-refractivity contribution in [3.63, 3.8) is 0 Å². The van der Waals surface area contributed by atoms with E-state index in [2.05, 4.69) is 77.7 Å². The predicted molar refractivity (Wildman–Crippen MR) is 88.2 cm³/mol. The molecule has 1 fully saturated rings. The van der Waals surface area contributed by atoms with Crippen LogP contribution in [-0.4, -0.2) is 17.5 Å². The van der Waals surface area contributed by atoms with Crippen molar-refractivity contribution in [3.8, 4) is 0 Å². The summed E-state index contributed by atoms with van der Waals surface area (Å²) in [5.74, 6) is 1.33. The molecule has 1 atom stereocenters. The van der Waals surface area contributed by atoms with Crippen molar-refractivity contribution < 1.29 is 0 Å². The Bertz CT molecular complexity index is 466. The predicted octanol–water partition coefficient (Wildman–Crippen LogP) is 4.26. The number of hydrogen-bond donors (Lipinski definition) is 1. The van der Waals surface area contributed by atoms with Gasteiger partial charge in [-0.1, -0.05) is 60.7 Å². The zero-order valence-corrected chi connectivity index (χ0v) is 12.5. The summed E-state index contributed by atoms with van der Waals surface area (Å²) in [5.41, 5.74) is 2.70. The van der Waals surface area contributed by atoms with Crippen LogP contribution in [0.2, 0.25) is 0 Å². The summed E-state index contributed by atoms with van der Waals surface area (Å²) in [6.07, 6.45) is 2.73. The Morgan fingerprint density at radius 3 is 2.05 bits per heavy atom. The van der Waals surface area contributed by atoms with Crippen LogP contribution < -0.4 is 5.32 Å². The minimum Gasteiger partial charge on any atom is -0.305 e. The molecular weight excluding hydrogens is 262 g/mol. The highest BCUT2D eigenvalue weighted by Gasteiger charge is 2.19. The second-order valence-electron chi connectivity index (χ2n) is 5.30. The average Bonchev–Trinajstić information content (AvgIpc) is 3.03. The van der Waals surface area contributed by atoms with E-state index >= 15 is 0 Å². The molecule has 0 aromatic heterocycles. The molecule has 1 unspecified atom stereocenters. The molecule has 20 heavy (non-hydrogen) atoms. The largest absolute Gasteiger partial charge is 0.305 e. The van der Waals surface area contributed by atoms with E-state index in [1.165, 1.54) is 29.7 Å². The molecule has 1 saturated heterocycles. The summed E-state index contributed by atoms with van der Waals surface area (Å²) < 4.78 is 0. The second kappa shape index (κ2) is 6.96. The van der Waals surface area contributed by atoms with Crippen molar-refractivity contribution in [3.05, 3.63) is 71.8 Å². The molecule has 1 aliphatic rings. The Morgan fingerprint density at radius 2 is 1.55 bits per heavy atom. The van der Waals surface area contributed by atoms with Gasteiger partial charge in [0.15, 0.2) is 0 Å². The molecule has 1 aliphatic heterocycles. The Labute approximate surface area is 125 Å². The SMILES string of the molecule is c1ccc(C(NCC2CCCS2)c2ccccc2)cc1. The zero-order valence-electron chi connectivity index (χ0n) is 11.7. The van der Waals surface area contributed by atoms with Gasteiger partial charge in [-0.05, 0) is 29.7 Å². The average molecular weight is 283 g/mol. The molecule has 3 rings (SSSR count). The van der Waals surface area contributed by atoms with Crippen LogP contribution in [0.15, 0.2) is 60.7 Å². The zero-order chi connectivity index (χ0) is 13.6. The molecule has 104 valence electrons. The first-order chi connectivity index (χ1) is 9.93. The molecule has 1 nitrogen and oxygen atoms in total. The standard InChI is InChI=1S/C18H21NS/c1-3-8-15(9-4-1)18(16-10-5-2-6-11-16)19-14-17-12-7-13-20-17/h1-6,8-11,17-19H,7,12-14H2. The minimum absolute atomic E-state index is 0.304. The summed E-state index contributed by atoms with van der Waals surface area (Å²) in [7, 11) is 0. The van der Waals surface area contributed by atoms with Crippen molar-refractivity contribution in [1.29, 1.82) is 0 Å². The number of thioether (sulfide) groups is 1. The fourth-order valence-electron chi connectivity index (χ4n) is 2.77. The van der Waals surface area contributed by atoms with E-state index in [1.807, 2.05) is 0 Å². The van der Waals surface area contributed by atoms with E-state index in [-0.39, 0.29) is 0 Å². The lowest BCUT2D eigenvalue weighted by Gasteiger charge is -2.21. The van der Waals surface area contributed by atoms with E-state index in [1.54, 1.807) is 0 Å². The molecule has 0 aliphatic carbocycles. The number of nitrogens with one attached hydrogen (secondary N) is 1. The van der Waals surface area contributed by atoms with Crippen molar-refractivity contribution in [2.75, 3.05) is 12.3 Å². The van der Waals surface area contributed by atoms with E-state index in [0.717, 1.165) is 11.8 Å². The molecule has 0 saturated carbocycles. The third kappa shape index (κ3) is 3.44. The van der Waals surface area contributed by atoms with Gasteiger partial charge in [0.05, 0.1) is 6.04 Å². The van der Waals surface area contributed by atoms with Gasteiger partial charge < -0.3 is 5.32 Å². The van der Waals surface area contributed by atoms with Gasteiger partial charge in [0, 0.05) is 11.8 Å². The van der Waals surface area contributed by atoms with Crippen LogP contribution in [0, 0.1) is 0 Å². The summed E-state index contributed by atoms with van der Waals surface area (Å²) in [6, 6.07) is 21.8. The lowest BCUT2D eigenvalue weighted by molar-refractivity contribution is 0.584. The molecule has 2 aromatic carbocycles. The highest BCUT2D eigenvalue weighted by molar-refractivity contribution is 8.00. The smallest absolute Gasteiger partial charge is 0.0577 e. The number of benzene rings is 2. The first kappa shape index (κ1) is 13.7. The molecular formula is C18H21NS. The Kier molecular flexibility index (Phi) is 4.77. The maximum Gasteiger partial charge on any atom is 0.0577 e. The molecule has 0 radical (unpaired) electrons. The van der Waals surface area contributed by atoms with Gasteiger partial charge in [-0.3, -0.25) is 0 Å². The first-order valence-corrected chi connectivity index (χ1v) is 8.43. The van der Waals surface area contributed by atoms with Crippen LogP contribution in [0.4, 0.5) is 0 Å². The van der Waals surface area contributed by atoms with Gasteiger partial charge in [0.25, 0.3) is 0 Å². The number of rotatable bonds is 5. The van der Waals surface area contributed by atoms with Crippen LogP contribution in [0.3, 0.4) is 0 Å². The topological polar surface area (TPSA) is 12.0 Å². The van der Waals surface area contributed by atoms with E-state index in [4.69, 9.17) is 0 Å². The monoisotopic (exact) mass is 283 g/mol. The van der Waals surface area contributed by atoms with Gasteiger partial charge in [0.1, 0.15) is 0 Å². The quantitative estimate of drug-likeness (QED) is 0.880. The van der Waals surface area contributed by atoms with Crippen LogP contribution >= 0.6 is 11.8 Å². The molecule has 0 spiro atoms. The van der Waals surface area contributed by atoms with E-state index in [9.17, 15) is 0 Å². The van der Waals surface area contributed by atoms with Gasteiger partial charge in [-0.2, -0.15) is 11.8 Å². The van der Waals surface area contributed by atoms with Crippen molar-refractivity contribution in [2.45, 2.75) is 24.1 Å². The minimum atomic E-state index is 0.304. The number of hydrogen-bond acceptors (Lipinski definition) is 2. The Morgan fingerprint density at radius 1 is 0.950 bits per heavy atom. The summed E-state index contributed by atoms with van der Waals surface area (Å²) in [4.78, 5) is 0. The van der Waals surface area contributed by atoms with Crippen molar-refractivity contribution >= 4 is 11.8 Å². The third-order valence-corrected chi connectivity index (χ3v) is 5.24. The fraction of sp³-hybridized carbons (Fsp3) is 0.333. The maximum atomic E-state index is 3.77. The molecule has 0 bridgehead atoms. The van der Waals surface area contributed by atoms with Crippen molar-refractivity contribution in [2.24, 2.45) is 0 Å². The summed E-state index contributed by atoms with van der Waals surface area (Å²) >= 11 is 2.11.